The lowest BCUT2D eigenvalue weighted by molar-refractivity contribution is 0.0725. The van der Waals surface area contributed by atoms with E-state index in [0.717, 1.165) is 21.1 Å². The summed E-state index contributed by atoms with van der Waals surface area (Å²) in [6.07, 6.45) is 0.792. The molecule has 21 heavy (non-hydrogen) atoms. The van der Waals surface area contributed by atoms with Gasteiger partial charge in [0.05, 0.1) is 5.02 Å². The summed E-state index contributed by atoms with van der Waals surface area (Å²) in [4.78, 5) is 14.2. The molecule has 0 bridgehead atoms. The molecule has 0 atom stereocenters. The number of carbonyl (C=O) groups is 1. The Morgan fingerprint density at radius 3 is 2.90 bits per heavy atom. The molecule has 2 aromatic rings. The van der Waals surface area contributed by atoms with E-state index in [-0.39, 0.29) is 17.5 Å². The monoisotopic (exact) mass is 415 g/mol. The highest BCUT2D eigenvalue weighted by Gasteiger charge is 2.25. The number of rotatable bonds is 2. The third-order valence-corrected chi connectivity index (χ3v) is 4.60. The molecule has 1 heterocycles. The second-order valence-corrected chi connectivity index (χ2v) is 6.64. The van der Waals surface area contributed by atoms with Gasteiger partial charge in [-0.05, 0) is 52.8 Å². The van der Waals surface area contributed by atoms with Gasteiger partial charge in [-0.1, -0.05) is 29.8 Å². The summed E-state index contributed by atoms with van der Waals surface area (Å²) in [6.45, 7) is 0.842. The fourth-order valence-corrected chi connectivity index (χ4v) is 3.21. The van der Waals surface area contributed by atoms with Gasteiger partial charge in [-0.25, -0.2) is 4.39 Å². The highest BCUT2D eigenvalue weighted by molar-refractivity contribution is 14.1. The second kappa shape index (κ2) is 5.93. The van der Waals surface area contributed by atoms with Crippen molar-refractivity contribution in [2.75, 3.05) is 6.54 Å². The molecule has 2 aromatic carbocycles. The van der Waals surface area contributed by atoms with Gasteiger partial charge in [0, 0.05) is 27.8 Å². The van der Waals surface area contributed by atoms with Crippen LogP contribution in [-0.4, -0.2) is 17.4 Å². The van der Waals surface area contributed by atoms with Crippen LogP contribution >= 0.6 is 34.2 Å². The fourth-order valence-electron chi connectivity index (χ4n) is 2.52. The zero-order valence-corrected chi connectivity index (χ0v) is 14.0. The molecule has 5 heteroatoms. The third-order valence-electron chi connectivity index (χ3n) is 3.63. The molecule has 1 aliphatic heterocycles. The Kier molecular flexibility index (Phi) is 4.17. The Hall–Kier alpha value is -1.14. The van der Waals surface area contributed by atoms with Crippen molar-refractivity contribution in [2.45, 2.75) is 13.0 Å². The van der Waals surface area contributed by atoms with Crippen LogP contribution in [0.3, 0.4) is 0 Å². The number of benzene rings is 2. The summed E-state index contributed by atoms with van der Waals surface area (Å²) in [7, 11) is 0. The van der Waals surface area contributed by atoms with E-state index in [1.54, 1.807) is 17.0 Å². The number of fused-ring (bicyclic) bond motifs is 1. The fraction of sp³-hybridized carbons (Fsp3) is 0.188. The summed E-state index contributed by atoms with van der Waals surface area (Å²) < 4.78 is 15.0. The molecule has 0 N–H and O–H groups in total. The smallest absolute Gasteiger partial charge is 0.254 e. The van der Waals surface area contributed by atoms with E-state index in [9.17, 15) is 9.18 Å². The first-order valence-corrected chi connectivity index (χ1v) is 8.02. The molecule has 1 aliphatic rings. The average Bonchev–Trinajstić information content (AvgIpc) is 2.47. The number of amides is 1. The van der Waals surface area contributed by atoms with Gasteiger partial charge in [-0.2, -0.15) is 0 Å². The molecule has 0 unspecified atom stereocenters. The lowest BCUT2D eigenvalue weighted by Gasteiger charge is -2.29. The first-order valence-electron chi connectivity index (χ1n) is 6.57. The van der Waals surface area contributed by atoms with Gasteiger partial charge in [-0.3, -0.25) is 4.79 Å². The number of halogens is 3. The maximum absolute atomic E-state index is 14.0. The quantitative estimate of drug-likeness (QED) is 0.671. The number of hydrogen-bond acceptors (Lipinski definition) is 1. The van der Waals surface area contributed by atoms with Crippen molar-refractivity contribution in [3.05, 3.63) is 67.5 Å². The van der Waals surface area contributed by atoms with Gasteiger partial charge in [0.15, 0.2) is 0 Å². The molecule has 0 aliphatic carbocycles. The van der Waals surface area contributed by atoms with Crippen LogP contribution < -0.4 is 0 Å². The number of carbonyl (C=O) groups excluding carboxylic acids is 1. The van der Waals surface area contributed by atoms with Gasteiger partial charge in [0.2, 0.25) is 0 Å². The number of hydrogen-bond donors (Lipinski definition) is 0. The van der Waals surface area contributed by atoms with Crippen LogP contribution in [0.15, 0.2) is 36.4 Å². The standard InChI is InChI=1S/C16H12ClFINO/c17-14-3-1-2-11(15(14)18)9-20-7-6-10-4-5-12(19)8-13(10)16(20)21/h1-5,8H,6-7,9H2. The topological polar surface area (TPSA) is 20.3 Å². The SMILES string of the molecule is O=C1c2cc(I)ccc2CCN1Cc1cccc(Cl)c1F. The average molecular weight is 416 g/mol. The van der Waals surface area contributed by atoms with Crippen LogP contribution in [-0.2, 0) is 13.0 Å². The van der Waals surface area contributed by atoms with Crippen LogP contribution in [0.5, 0.6) is 0 Å². The minimum Gasteiger partial charge on any atom is -0.334 e. The third kappa shape index (κ3) is 2.92. The van der Waals surface area contributed by atoms with Crippen molar-refractivity contribution in [1.29, 1.82) is 0 Å². The van der Waals surface area contributed by atoms with Crippen LogP contribution in [0.1, 0.15) is 21.5 Å². The number of nitrogens with zero attached hydrogens (tertiary/aromatic N) is 1. The Morgan fingerprint density at radius 1 is 1.29 bits per heavy atom. The minimum absolute atomic E-state index is 0.0471. The predicted molar refractivity (Wildman–Crippen MR) is 89.0 cm³/mol. The Morgan fingerprint density at radius 2 is 2.10 bits per heavy atom. The molecule has 108 valence electrons. The lowest BCUT2D eigenvalue weighted by Crippen LogP contribution is -2.37. The van der Waals surface area contributed by atoms with Crippen LogP contribution in [0.25, 0.3) is 0 Å². The molecule has 0 fully saturated rings. The van der Waals surface area contributed by atoms with Gasteiger partial charge < -0.3 is 4.90 Å². The van der Waals surface area contributed by atoms with Crippen molar-refractivity contribution in [3.63, 3.8) is 0 Å². The summed E-state index contributed by atoms with van der Waals surface area (Å²) in [5.41, 5.74) is 2.23. The molecule has 1 amide bonds. The van der Waals surface area contributed by atoms with Crippen LogP contribution in [0.2, 0.25) is 5.02 Å². The summed E-state index contributed by atoms with van der Waals surface area (Å²) in [5.74, 6) is -0.491. The summed E-state index contributed by atoms with van der Waals surface area (Å²) in [6, 6.07) is 10.8. The van der Waals surface area contributed by atoms with E-state index in [4.69, 9.17) is 11.6 Å². The highest BCUT2D eigenvalue weighted by Crippen LogP contribution is 2.24. The van der Waals surface area contributed by atoms with Gasteiger partial charge in [0.25, 0.3) is 5.91 Å². The second-order valence-electron chi connectivity index (χ2n) is 4.99. The zero-order chi connectivity index (χ0) is 15.0. The van der Waals surface area contributed by atoms with Crippen LogP contribution in [0, 0.1) is 9.39 Å². The lowest BCUT2D eigenvalue weighted by atomic mass is 9.98. The van der Waals surface area contributed by atoms with Crippen molar-refractivity contribution in [2.24, 2.45) is 0 Å². The molecule has 0 spiro atoms. The Bertz CT molecular complexity index is 719. The van der Waals surface area contributed by atoms with Gasteiger partial charge >= 0.3 is 0 Å². The zero-order valence-electron chi connectivity index (χ0n) is 11.1. The van der Waals surface area contributed by atoms with E-state index in [2.05, 4.69) is 22.6 Å². The largest absolute Gasteiger partial charge is 0.334 e. The summed E-state index contributed by atoms with van der Waals surface area (Å²) in [5, 5.41) is 0.0897. The first-order chi connectivity index (χ1) is 10.1. The molecular weight excluding hydrogens is 404 g/mol. The van der Waals surface area contributed by atoms with Crippen molar-refractivity contribution in [3.8, 4) is 0 Å². The maximum Gasteiger partial charge on any atom is 0.254 e. The van der Waals surface area contributed by atoms with E-state index in [1.807, 2.05) is 18.2 Å². The van der Waals surface area contributed by atoms with Gasteiger partial charge in [-0.15, -0.1) is 0 Å². The maximum atomic E-state index is 14.0. The molecule has 0 saturated heterocycles. The molecule has 0 aromatic heterocycles. The van der Waals surface area contributed by atoms with Crippen molar-refractivity contribution in [1.82, 2.24) is 4.90 Å². The Balaban J connectivity index is 1.88. The normalized spacial score (nSPS) is 14.2. The molecule has 0 saturated carbocycles. The minimum atomic E-state index is -0.444. The van der Waals surface area contributed by atoms with Crippen molar-refractivity contribution >= 4 is 40.1 Å². The molecule has 0 radical (unpaired) electrons. The van der Waals surface area contributed by atoms with E-state index >= 15 is 0 Å². The molecular formula is C16H12ClFINO. The molecule has 2 nitrogen and oxygen atoms in total. The summed E-state index contributed by atoms with van der Waals surface area (Å²) >= 11 is 7.98. The first kappa shape index (κ1) is 14.8. The van der Waals surface area contributed by atoms with Crippen molar-refractivity contribution < 1.29 is 9.18 Å². The van der Waals surface area contributed by atoms with Gasteiger partial charge in [0.1, 0.15) is 5.82 Å². The van der Waals surface area contributed by atoms with E-state index in [1.165, 1.54) is 6.07 Å². The highest BCUT2D eigenvalue weighted by atomic mass is 127. The predicted octanol–water partition coefficient (Wildman–Crippen LogP) is 4.28. The Labute approximate surface area is 141 Å². The van der Waals surface area contributed by atoms with E-state index < -0.39 is 5.82 Å². The molecule has 3 rings (SSSR count). The van der Waals surface area contributed by atoms with Crippen LogP contribution in [0.4, 0.5) is 4.39 Å². The van der Waals surface area contributed by atoms with E-state index in [0.29, 0.717) is 12.1 Å².